The van der Waals surface area contributed by atoms with Gasteiger partial charge in [0.15, 0.2) is 6.04 Å². The first-order valence-electron chi connectivity index (χ1n) is 9.28. The van der Waals surface area contributed by atoms with E-state index in [-0.39, 0.29) is 12.0 Å². The van der Waals surface area contributed by atoms with E-state index in [1.54, 1.807) is 0 Å². The Morgan fingerprint density at radius 1 is 1.00 bits per heavy atom. The Bertz CT molecular complexity index is 329. The smallest absolute Gasteiger partial charge is 0.364 e. The van der Waals surface area contributed by atoms with Crippen LogP contribution in [0.25, 0.3) is 0 Å². The van der Waals surface area contributed by atoms with Gasteiger partial charge in [-0.15, -0.1) is 0 Å². The number of unbranched alkanes of at least 4 members (excludes halogenated alkanes) is 6. The number of carbonyl (C=O) groups is 1. The first-order chi connectivity index (χ1) is 11.1. The molecule has 0 N–H and O–H groups in total. The highest BCUT2D eigenvalue weighted by atomic mass is 16.5. The summed E-state index contributed by atoms with van der Waals surface area (Å²) in [5.74, 6) is -0.0790. The summed E-state index contributed by atoms with van der Waals surface area (Å²) >= 11 is 0. The lowest BCUT2D eigenvalue weighted by Crippen LogP contribution is -2.56. The Morgan fingerprint density at radius 3 is 2.00 bits per heavy atom. The minimum absolute atomic E-state index is 0.0790. The average molecular weight is 325 g/mol. The molecule has 1 atom stereocenters. The van der Waals surface area contributed by atoms with Crippen molar-refractivity contribution in [1.29, 1.82) is 0 Å². The van der Waals surface area contributed by atoms with Gasteiger partial charge in [0.25, 0.3) is 0 Å². The number of carbonyl (C=O) groups excluding carboxylic acids is 1. The van der Waals surface area contributed by atoms with Crippen molar-refractivity contribution in [3.8, 4) is 0 Å². The third-order valence-electron chi connectivity index (χ3n) is 4.48. The number of likely N-dealkylation sites (N-methyl/N-ethyl adjacent to an activating group) is 1. The number of ether oxygens (including phenoxy) is 1. The van der Waals surface area contributed by atoms with Crippen LogP contribution in [0.4, 0.5) is 0 Å². The number of hydrogen-bond donors (Lipinski definition) is 0. The molecule has 0 spiro atoms. The molecule has 0 saturated carbocycles. The van der Waals surface area contributed by atoms with Gasteiger partial charge < -0.3 is 9.22 Å². The van der Waals surface area contributed by atoms with Gasteiger partial charge >= 0.3 is 5.97 Å². The lowest BCUT2D eigenvalue weighted by molar-refractivity contribution is -0.914. The van der Waals surface area contributed by atoms with E-state index >= 15 is 0 Å². The van der Waals surface area contributed by atoms with Crippen LogP contribution in [0.5, 0.6) is 0 Å². The number of rotatable bonds is 15. The third kappa shape index (κ3) is 8.95. The van der Waals surface area contributed by atoms with Gasteiger partial charge in [-0.3, -0.25) is 0 Å². The van der Waals surface area contributed by atoms with Gasteiger partial charge in [-0.2, -0.15) is 0 Å². The number of quaternary nitrogens is 1. The van der Waals surface area contributed by atoms with Crippen LogP contribution in [0.1, 0.15) is 65.2 Å². The zero-order valence-corrected chi connectivity index (χ0v) is 15.7. The van der Waals surface area contributed by atoms with Crippen molar-refractivity contribution >= 4 is 5.97 Å². The molecule has 0 fully saturated rings. The fraction of sp³-hybridized carbons (Fsp3) is 0.750. The molecule has 23 heavy (non-hydrogen) atoms. The Labute approximate surface area is 144 Å². The largest absolute Gasteiger partial charge is 0.462 e. The molecule has 0 aromatic heterocycles. The Kier molecular flexibility index (Phi) is 12.7. The van der Waals surface area contributed by atoms with Crippen molar-refractivity contribution in [2.24, 2.45) is 0 Å². The topological polar surface area (TPSA) is 26.3 Å². The van der Waals surface area contributed by atoms with E-state index in [0.717, 1.165) is 25.9 Å². The molecule has 0 amide bonds. The molecule has 3 heteroatoms. The lowest BCUT2D eigenvalue weighted by atomic mass is 10.0. The summed E-state index contributed by atoms with van der Waals surface area (Å²) in [7, 11) is 2.10. The zero-order valence-electron chi connectivity index (χ0n) is 15.7. The second-order valence-corrected chi connectivity index (χ2v) is 6.60. The van der Waals surface area contributed by atoms with E-state index in [0.29, 0.717) is 11.1 Å². The van der Waals surface area contributed by atoms with Gasteiger partial charge in [-0.1, -0.05) is 58.6 Å². The molecule has 0 aromatic rings. The first-order valence-corrected chi connectivity index (χ1v) is 9.28. The van der Waals surface area contributed by atoms with Gasteiger partial charge in [0.2, 0.25) is 0 Å². The summed E-state index contributed by atoms with van der Waals surface area (Å²) in [4.78, 5) is 12.4. The standard InChI is InChI=1S/C20H38NO2/c1-6-10-11-12-13-14-15-16-19(20(22)23-9-4)21(5,17-7-2)18-8-3/h7-8,19H,2-3,6,9-18H2,1,4-5H3/q+1. The van der Waals surface area contributed by atoms with E-state index in [1.165, 1.54) is 38.5 Å². The van der Waals surface area contributed by atoms with Crippen molar-refractivity contribution < 1.29 is 14.0 Å². The molecule has 3 nitrogen and oxygen atoms in total. The highest BCUT2D eigenvalue weighted by Crippen LogP contribution is 2.20. The van der Waals surface area contributed by atoms with Crippen molar-refractivity contribution in [1.82, 2.24) is 0 Å². The highest BCUT2D eigenvalue weighted by molar-refractivity contribution is 5.74. The Hall–Kier alpha value is -1.09. The molecule has 0 aliphatic rings. The predicted molar refractivity (Wildman–Crippen MR) is 99.3 cm³/mol. The number of esters is 1. The lowest BCUT2D eigenvalue weighted by Gasteiger charge is -2.38. The summed E-state index contributed by atoms with van der Waals surface area (Å²) in [5, 5.41) is 0. The van der Waals surface area contributed by atoms with Crippen LogP contribution in [0, 0.1) is 0 Å². The van der Waals surface area contributed by atoms with Gasteiger partial charge in [0.1, 0.15) is 0 Å². The molecule has 0 radical (unpaired) electrons. The molecule has 0 saturated heterocycles. The summed E-state index contributed by atoms with van der Waals surface area (Å²) in [6.45, 7) is 13.8. The van der Waals surface area contributed by atoms with E-state index in [1.807, 2.05) is 19.1 Å². The zero-order chi connectivity index (χ0) is 17.6. The minimum atomic E-state index is -0.124. The van der Waals surface area contributed by atoms with Crippen LogP contribution in [0.15, 0.2) is 25.3 Å². The molecular formula is C20H38NO2+. The molecular weight excluding hydrogens is 286 g/mol. The summed E-state index contributed by atoms with van der Waals surface area (Å²) < 4.78 is 5.94. The fourth-order valence-corrected chi connectivity index (χ4v) is 3.14. The summed E-state index contributed by atoms with van der Waals surface area (Å²) in [6, 6.07) is -0.124. The molecule has 0 aliphatic carbocycles. The molecule has 0 rings (SSSR count). The maximum Gasteiger partial charge on any atom is 0.364 e. The van der Waals surface area contributed by atoms with Gasteiger partial charge in [0, 0.05) is 6.42 Å². The summed E-state index contributed by atoms with van der Waals surface area (Å²) in [5.41, 5.74) is 0. The number of nitrogens with zero attached hydrogens (tertiary/aromatic N) is 1. The van der Waals surface area contributed by atoms with Crippen LogP contribution in [0.3, 0.4) is 0 Å². The van der Waals surface area contributed by atoms with Gasteiger partial charge in [-0.25, -0.2) is 4.79 Å². The molecule has 0 bridgehead atoms. The van der Waals surface area contributed by atoms with Gasteiger partial charge in [-0.05, 0) is 25.5 Å². The quantitative estimate of drug-likeness (QED) is 0.186. The Morgan fingerprint density at radius 2 is 1.52 bits per heavy atom. The second kappa shape index (κ2) is 13.4. The predicted octanol–water partition coefficient (Wildman–Crippen LogP) is 4.88. The van der Waals surface area contributed by atoms with Crippen molar-refractivity contribution in [2.75, 3.05) is 26.7 Å². The summed E-state index contributed by atoms with van der Waals surface area (Å²) in [6.07, 6.45) is 13.5. The van der Waals surface area contributed by atoms with Crippen molar-refractivity contribution in [3.05, 3.63) is 25.3 Å². The molecule has 134 valence electrons. The second-order valence-electron chi connectivity index (χ2n) is 6.60. The van der Waals surface area contributed by atoms with Crippen molar-refractivity contribution in [2.45, 2.75) is 71.3 Å². The SMILES string of the molecule is C=CC[N+](C)(CC=C)C(CCCCCCCCC)C(=O)OCC. The minimum Gasteiger partial charge on any atom is -0.462 e. The fourth-order valence-electron chi connectivity index (χ4n) is 3.14. The molecule has 0 aromatic carbocycles. The van der Waals surface area contributed by atoms with E-state index < -0.39 is 0 Å². The highest BCUT2D eigenvalue weighted by Gasteiger charge is 2.37. The van der Waals surface area contributed by atoms with Crippen LogP contribution >= 0.6 is 0 Å². The van der Waals surface area contributed by atoms with Gasteiger partial charge in [0.05, 0.1) is 26.7 Å². The van der Waals surface area contributed by atoms with Crippen LogP contribution in [-0.2, 0) is 9.53 Å². The first kappa shape index (κ1) is 21.9. The van der Waals surface area contributed by atoms with Crippen LogP contribution in [0.2, 0.25) is 0 Å². The Balaban J connectivity index is 4.58. The average Bonchev–Trinajstić information content (AvgIpc) is 2.50. The van der Waals surface area contributed by atoms with E-state index in [9.17, 15) is 4.79 Å². The van der Waals surface area contributed by atoms with E-state index in [2.05, 4.69) is 27.1 Å². The number of hydrogen-bond acceptors (Lipinski definition) is 2. The van der Waals surface area contributed by atoms with Crippen LogP contribution in [-0.4, -0.2) is 43.2 Å². The monoisotopic (exact) mass is 324 g/mol. The molecule has 1 unspecified atom stereocenters. The molecule has 0 heterocycles. The maximum atomic E-state index is 12.4. The van der Waals surface area contributed by atoms with E-state index in [4.69, 9.17) is 4.74 Å². The van der Waals surface area contributed by atoms with Crippen molar-refractivity contribution in [3.63, 3.8) is 0 Å². The molecule has 0 aliphatic heterocycles. The third-order valence-corrected chi connectivity index (χ3v) is 4.48. The van der Waals surface area contributed by atoms with Crippen LogP contribution < -0.4 is 0 Å². The maximum absolute atomic E-state index is 12.4. The normalized spacial score (nSPS) is 12.7.